The molecule has 0 amide bonds. The predicted octanol–water partition coefficient (Wildman–Crippen LogP) is 2.53. The molecule has 1 aliphatic carbocycles. The van der Waals surface area contributed by atoms with Crippen molar-refractivity contribution >= 4 is 0 Å². The second-order valence-electron chi connectivity index (χ2n) is 5.59. The molecule has 1 saturated heterocycles. The van der Waals surface area contributed by atoms with Crippen molar-refractivity contribution in [3.05, 3.63) is 34.9 Å². The molecular weight excluding hydrogens is 220 g/mol. The Bertz CT molecular complexity index is 408. The highest BCUT2D eigenvalue weighted by Crippen LogP contribution is 2.29. The number of piperazine rings is 1. The first kappa shape index (κ1) is 12.2. The summed E-state index contributed by atoms with van der Waals surface area (Å²) >= 11 is 0. The molecule has 2 heteroatoms. The van der Waals surface area contributed by atoms with Crippen LogP contribution in [0.25, 0.3) is 0 Å². The first-order valence-corrected chi connectivity index (χ1v) is 7.45. The van der Waals surface area contributed by atoms with Crippen LogP contribution in [-0.2, 0) is 12.8 Å². The monoisotopic (exact) mass is 244 g/mol. The fraction of sp³-hybridized carbons (Fsp3) is 0.625. The van der Waals surface area contributed by atoms with E-state index in [9.17, 15) is 0 Å². The molecule has 18 heavy (non-hydrogen) atoms. The molecule has 1 fully saturated rings. The van der Waals surface area contributed by atoms with Gasteiger partial charge in [0.05, 0.1) is 0 Å². The third-order valence-electron chi connectivity index (χ3n) is 4.49. The van der Waals surface area contributed by atoms with Crippen LogP contribution in [0, 0.1) is 0 Å². The lowest BCUT2D eigenvalue weighted by molar-refractivity contribution is 0.169. The minimum absolute atomic E-state index is 0.623. The van der Waals surface area contributed by atoms with Crippen LogP contribution >= 0.6 is 0 Å². The lowest BCUT2D eigenvalue weighted by Crippen LogP contribution is -2.45. The fourth-order valence-corrected chi connectivity index (χ4v) is 3.50. The SMILES string of the molecule is CCC(c1ccc2c(c1)CCC2)N1CCNCC1. The van der Waals surface area contributed by atoms with Crippen LogP contribution in [0.1, 0.15) is 42.5 Å². The van der Waals surface area contributed by atoms with Gasteiger partial charge in [0, 0.05) is 32.2 Å². The molecule has 2 nitrogen and oxygen atoms in total. The standard InChI is InChI=1S/C16H24N2/c1-2-16(18-10-8-17-9-11-18)15-7-6-13-4-3-5-14(13)12-15/h6-7,12,16-17H,2-5,8-11H2,1H3. The van der Waals surface area contributed by atoms with E-state index in [1.165, 1.54) is 38.8 Å². The summed E-state index contributed by atoms with van der Waals surface area (Å²) in [6.45, 7) is 6.98. The third-order valence-corrected chi connectivity index (χ3v) is 4.49. The molecule has 1 N–H and O–H groups in total. The van der Waals surface area contributed by atoms with Crippen molar-refractivity contribution < 1.29 is 0 Å². The average Bonchev–Trinajstić information content (AvgIpc) is 2.88. The molecule has 98 valence electrons. The molecule has 1 aromatic carbocycles. The average molecular weight is 244 g/mol. The zero-order valence-corrected chi connectivity index (χ0v) is 11.4. The van der Waals surface area contributed by atoms with E-state index in [1.54, 1.807) is 16.7 Å². The highest BCUT2D eigenvalue weighted by atomic mass is 15.2. The maximum absolute atomic E-state index is 3.45. The van der Waals surface area contributed by atoms with E-state index in [0.717, 1.165) is 13.1 Å². The van der Waals surface area contributed by atoms with Gasteiger partial charge in [-0.25, -0.2) is 0 Å². The molecule has 1 atom stereocenters. The second kappa shape index (κ2) is 5.41. The minimum Gasteiger partial charge on any atom is -0.314 e. The summed E-state index contributed by atoms with van der Waals surface area (Å²) < 4.78 is 0. The zero-order valence-electron chi connectivity index (χ0n) is 11.4. The van der Waals surface area contributed by atoms with E-state index in [4.69, 9.17) is 0 Å². The van der Waals surface area contributed by atoms with Crippen LogP contribution in [0.2, 0.25) is 0 Å². The van der Waals surface area contributed by atoms with Gasteiger partial charge >= 0.3 is 0 Å². The number of hydrogen-bond donors (Lipinski definition) is 1. The van der Waals surface area contributed by atoms with Crippen LogP contribution in [0.3, 0.4) is 0 Å². The lowest BCUT2D eigenvalue weighted by Gasteiger charge is -2.35. The van der Waals surface area contributed by atoms with Gasteiger partial charge in [-0.2, -0.15) is 0 Å². The number of nitrogens with one attached hydrogen (secondary N) is 1. The van der Waals surface area contributed by atoms with E-state index in [2.05, 4.69) is 35.3 Å². The molecule has 1 aromatic rings. The van der Waals surface area contributed by atoms with Crippen molar-refractivity contribution in [2.75, 3.05) is 26.2 Å². The van der Waals surface area contributed by atoms with Crippen LogP contribution < -0.4 is 5.32 Å². The van der Waals surface area contributed by atoms with Crippen molar-refractivity contribution in [1.29, 1.82) is 0 Å². The Labute approximate surface area is 110 Å². The molecular formula is C16H24N2. The van der Waals surface area contributed by atoms with Crippen molar-refractivity contribution in [1.82, 2.24) is 10.2 Å². The number of fused-ring (bicyclic) bond motifs is 1. The summed E-state index contributed by atoms with van der Waals surface area (Å²) in [5.74, 6) is 0. The van der Waals surface area contributed by atoms with Gasteiger partial charge in [-0.3, -0.25) is 4.90 Å². The molecule has 1 heterocycles. The van der Waals surface area contributed by atoms with Gasteiger partial charge in [-0.15, -0.1) is 0 Å². The maximum Gasteiger partial charge on any atom is 0.0346 e. The Hall–Kier alpha value is -0.860. The van der Waals surface area contributed by atoms with Crippen LogP contribution in [-0.4, -0.2) is 31.1 Å². The van der Waals surface area contributed by atoms with Gasteiger partial charge < -0.3 is 5.32 Å². The number of hydrogen-bond acceptors (Lipinski definition) is 2. The molecule has 0 aromatic heterocycles. The largest absolute Gasteiger partial charge is 0.314 e. The third kappa shape index (κ3) is 2.32. The van der Waals surface area contributed by atoms with Crippen LogP contribution in [0.15, 0.2) is 18.2 Å². The molecule has 0 bridgehead atoms. The first-order chi connectivity index (χ1) is 8.88. The molecule has 0 saturated carbocycles. The van der Waals surface area contributed by atoms with Crippen molar-refractivity contribution in [3.63, 3.8) is 0 Å². The summed E-state index contributed by atoms with van der Waals surface area (Å²) in [4.78, 5) is 2.65. The van der Waals surface area contributed by atoms with E-state index in [0.29, 0.717) is 6.04 Å². The van der Waals surface area contributed by atoms with E-state index >= 15 is 0 Å². The van der Waals surface area contributed by atoms with Gasteiger partial charge in [0.15, 0.2) is 0 Å². The Morgan fingerprint density at radius 1 is 1.17 bits per heavy atom. The lowest BCUT2D eigenvalue weighted by atomic mass is 9.98. The molecule has 2 aliphatic rings. The Balaban J connectivity index is 1.82. The van der Waals surface area contributed by atoms with Crippen molar-refractivity contribution in [3.8, 4) is 0 Å². The van der Waals surface area contributed by atoms with Gasteiger partial charge in [0.2, 0.25) is 0 Å². The minimum atomic E-state index is 0.623. The number of rotatable bonds is 3. The van der Waals surface area contributed by atoms with Gasteiger partial charge in [-0.1, -0.05) is 25.1 Å². The van der Waals surface area contributed by atoms with Gasteiger partial charge in [-0.05, 0) is 42.4 Å². The number of aryl methyl sites for hydroxylation is 2. The van der Waals surface area contributed by atoms with Crippen molar-refractivity contribution in [2.24, 2.45) is 0 Å². The van der Waals surface area contributed by atoms with Crippen molar-refractivity contribution in [2.45, 2.75) is 38.6 Å². The highest BCUT2D eigenvalue weighted by molar-refractivity contribution is 5.36. The molecule has 1 aliphatic heterocycles. The molecule has 0 spiro atoms. The van der Waals surface area contributed by atoms with Crippen LogP contribution in [0.4, 0.5) is 0 Å². The maximum atomic E-state index is 3.45. The quantitative estimate of drug-likeness (QED) is 0.879. The Morgan fingerprint density at radius 3 is 2.72 bits per heavy atom. The highest BCUT2D eigenvalue weighted by Gasteiger charge is 2.21. The Morgan fingerprint density at radius 2 is 1.94 bits per heavy atom. The van der Waals surface area contributed by atoms with E-state index in [-0.39, 0.29) is 0 Å². The van der Waals surface area contributed by atoms with Gasteiger partial charge in [0.1, 0.15) is 0 Å². The van der Waals surface area contributed by atoms with E-state index < -0.39 is 0 Å². The smallest absolute Gasteiger partial charge is 0.0346 e. The normalized spacial score (nSPS) is 21.8. The zero-order chi connectivity index (χ0) is 12.4. The molecule has 3 rings (SSSR count). The topological polar surface area (TPSA) is 15.3 Å². The molecule has 0 radical (unpaired) electrons. The summed E-state index contributed by atoms with van der Waals surface area (Å²) in [6.07, 6.45) is 5.16. The summed E-state index contributed by atoms with van der Waals surface area (Å²) in [7, 11) is 0. The predicted molar refractivity (Wildman–Crippen MR) is 75.9 cm³/mol. The summed E-state index contributed by atoms with van der Waals surface area (Å²) in [6, 6.07) is 7.86. The van der Waals surface area contributed by atoms with E-state index in [1.807, 2.05) is 0 Å². The summed E-state index contributed by atoms with van der Waals surface area (Å²) in [5, 5.41) is 3.45. The fourth-order valence-electron chi connectivity index (χ4n) is 3.50. The first-order valence-electron chi connectivity index (χ1n) is 7.45. The van der Waals surface area contributed by atoms with Crippen LogP contribution in [0.5, 0.6) is 0 Å². The Kier molecular flexibility index (Phi) is 3.67. The second-order valence-corrected chi connectivity index (χ2v) is 5.59. The number of nitrogens with zero attached hydrogens (tertiary/aromatic N) is 1. The number of benzene rings is 1. The summed E-state index contributed by atoms with van der Waals surface area (Å²) in [5.41, 5.74) is 4.75. The molecule has 1 unspecified atom stereocenters. The van der Waals surface area contributed by atoms with Gasteiger partial charge in [0.25, 0.3) is 0 Å².